The van der Waals surface area contributed by atoms with E-state index in [9.17, 15) is 4.79 Å². The summed E-state index contributed by atoms with van der Waals surface area (Å²) in [7, 11) is 1.66. The smallest absolute Gasteiger partial charge is 0.242 e. The van der Waals surface area contributed by atoms with Crippen LogP contribution in [0.1, 0.15) is 19.3 Å². The normalized spacial score (nSPS) is 20.1. The van der Waals surface area contributed by atoms with Crippen LogP contribution in [0.5, 0.6) is 0 Å². The second-order valence-electron chi connectivity index (χ2n) is 4.03. The number of carbonyl (C=O) groups is 1. The van der Waals surface area contributed by atoms with Crippen LogP contribution in [0, 0.1) is 0 Å². The topological polar surface area (TPSA) is 58.1 Å². The first-order valence-corrected chi connectivity index (χ1v) is 6.07. The van der Waals surface area contributed by atoms with E-state index in [1.807, 2.05) is 4.90 Å². The number of halogens is 1. The molecule has 1 aliphatic rings. The highest BCUT2D eigenvalue weighted by atomic mass is 35.5. The van der Waals surface area contributed by atoms with E-state index in [1.165, 1.54) is 0 Å². The number of amides is 1. The maximum atomic E-state index is 11.8. The molecule has 92 valence electrons. The zero-order valence-electron chi connectivity index (χ0n) is 9.69. The number of nitrogens with zero attached hydrogens (tertiary/aromatic N) is 3. The van der Waals surface area contributed by atoms with E-state index in [4.69, 9.17) is 11.6 Å². The molecule has 6 heteroatoms. The molecule has 5 nitrogen and oxygen atoms in total. The molecule has 2 heterocycles. The Kier molecular flexibility index (Phi) is 3.78. The minimum Gasteiger partial charge on any atom is -0.357 e. The van der Waals surface area contributed by atoms with Crippen LogP contribution in [0.15, 0.2) is 12.1 Å². The molecule has 1 amide bonds. The van der Waals surface area contributed by atoms with E-state index >= 15 is 0 Å². The van der Waals surface area contributed by atoms with Crippen LogP contribution < -0.4 is 10.2 Å². The first kappa shape index (κ1) is 12.1. The maximum absolute atomic E-state index is 11.8. The molecule has 1 saturated heterocycles. The Bertz CT molecular complexity index is 395. The number of rotatable bonds is 2. The van der Waals surface area contributed by atoms with Gasteiger partial charge in [0.05, 0.1) is 0 Å². The van der Waals surface area contributed by atoms with E-state index in [-0.39, 0.29) is 11.9 Å². The summed E-state index contributed by atoms with van der Waals surface area (Å²) in [6.45, 7) is 0.828. The highest BCUT2D eigenvalue weighted by molar-refractivity contribution is 6.29. The third-order valence-electron chi connectivity index (χ3n) is 2.96. The molecule has 1 atom stereocenters. The number of likely N-dealkylation sites (N-methyl/N-ethyl adjacent to an activating group) is 1. The Morgan fingerprint density at radius 2 is 2.29 bits per heavy atom. The van der Waals surface area contributed by atoms with Gasteiger partial charge in [0.1, 0.15) is 6.04 Å². The zero-order valence-corrected chi connectivity index (χ0v) is 10.4. The summed E-state index contributed by atoms with van der Waals surface area (Å²) in [6, 6.07) is 3.35. The molecule has 1 unspecified atom stereocenters. The third kappa shape index (κ3) is 2.66. The van der Waals surface area contributed by atoms with Gasteiger partial charge in [-0.3, -0.25) is 4.79 Å². The second-order valence-corrected chi connectivity index (χ2v) is 4.42. The van der Waals surface area contributed by atoms with E-state index in [0.717, 1.165) is 25.8 Å². The SMILES string of the molecule is CNC(=O)C1CCCCN1c1ccc(Cl)nn1. The lowest BCUT2D eigenvalue weighted by Gasteiger charge is -2.34. The van der Waals surface area contributed by atoms with Crippen LogP contribution in [-0.2, 0) is 4.79 Å². The number of piperidine rings is 1. The molecule has 1 fully saturated rings. The Morgan fingerprint density at radius 1 is 1.47 bits per heavy atom. The van der Waals surface area contributed by atoms with Gasteiger partial charge >= 0.3 is 0 Å². The van der Waals surface area contributed by atoms with Gasteiger partial charge in [0.25, 0.3) is 0 Å². The minimum atomic E-state index is -0.149. The Labute approximate surface area is 105 Å². The van der Waals surface area contributed by atoms with Crippen LogP contribution in [0.3, 0.4) is 0 Å². The highest BCUT2D eigenvalue weighted by Gasteiger charge is 2.28. The first-order chi connectivity index (χ1) is 8.22. The monoisotopic (exact) mass is 254 g/mol. The van der Waals surface area contributed by atoms with Gasteiger partial charge < -0.3 is 10.2 Å². The van der Waals surface area contributed by atoms with Crippen molar-refractivity contribution in [2.24, 2.45) is 0 Å². The lowest BCUT2D eigenvalue weighted by atomic mass is 10.0. The number of nitrogens with one attached hydrogen (secondary N) is 1. The van der Waals surface area contributed by atoms with Crippen molar-refractivity contribution in [3.8, 4) is 0 Å². The lowest BCUT2D eigenvalue weighted by Crippen LogP contribution is -2.49. The molecule has 0 aromatic carbocycles. The quantitative estimate of drug-likeness (QED) is 0.863. The van der Waals surface area contributed by atoms with Crippen molar-refractivity contribution in [1.29, 1.82) is 0 Å². The Hall–Kier alpha value is -1.36. The zero-order chi connectivity index (χ0) is 12.3. The average Bonchev–Trinajstić information content (AvgIpc) is 2.39. The highest BCUT2D eigenvalue weighted by Crippen LogP contribution is 2.23. The van der Waals surface area contributed by atoms with Crippen LogP contribution in [-0.4, -0.2) is 35.7 Å². The van der Waals surface area contributed by atoms with Gasteiger partial charge in [0.2, 0.25) is 5.91 Å². The van der Waals surface area contributed by atoms with Gasteiger partial charge in [-0.2, -0.15) is 0 Å². The van der Waals surface area contributed by atoms with Gasteiger partial charge in [-0.1, -0.05) is 11.6 Å². The van der Waals surface area contributed by atoms with E-state index in [2.05, 4.69) is 15.5 Å². The van der Waals surface area contributed by atoms with Crippen molar-refractivity contribution in [1.82, 2.24) is 15.5 Å². The fraction of sp³-hybridized carbons (Fsp3) is 0.545. The number of hydrogen-bond donors (Lipinski definition) is 1. The summed E-state index contributed by atoms with van der Waals surface area (Å²) in [4.78, 5) is 13.8. The van der Waals surface area contributed by atoms with Gasteiger partial charge in [-0.05, 0) is 31.4 Å². The average molecular weight is 255 g/mol. The van der Waals surface area contributed by atoms with E-state index in [1.54, 1.807) is 19.2 Å². The Morgan fingerprint density at radius 3 is 2.94 bits per heavy atom. The molecule has 0 bridgehead atoms. The second kappa shape index (κ2) is 5.31. The number of anilines is 1. The summed E-state index contributed by atoms with van der Waals surface area (Å²) in [5, 5.41) is 10.9. The number of aromatic nitrogens is 2. The summed E-state index contributed by atoms with van der Waals surface area (Å²) in [5.41, 5.74) is 0. The van der Waals surface area contributed by atoms with Crippen LogP contribution >= 0.6 is 11.6 Å². The molecule has 0 saturated carbocycles. The van der Waals surface area contributed by atoms with Crippen molar-refractivity contribution >= 4 is 23.3 Å². The van der Waals surface area contributed by atoms with Gasteiger partial charge in [-0.15, -0.1) is 10.2 Å². The molecule has 1 N–H and O–H groups in total. The molecule has 1 aromatic heterocycles. The van der Waals surface area contributed by atoms with E-state index in [0.29, 0.717) is 11.0 Å². The van der Waals surface area contributed by atoms with Gasteiger partial charge in [0.15, 0.2) is 11.0 Å². The first-order valence-electron chi connectivity index (χ1n) is 5.70. The summed E-state index contributed by atoms with van der Waals surface area (Å²) in [6.07, 6.45) is 2.98. The van der Waals surface area contributed by atoms with E-state index < -0.39 is 0 Å². The van der Waals surface area contributed by atoms with Crippen molar-refractivity contribution in [3.63, 3.8) is 0 Å². The van der Waals surface area contributed by atoms with Gasteiger partial charge in [0, 0.05) is 13.6 Å². The predicted octanol–water partition coefficient (Wildman–Crippen LogP) is 1.23. The predicted molar refractivity (Wildman–Crippen MR) is 66.1 cm³/mol. The van der Waals surface area contributed by atoms with Crippen LogP contribution in [0.2, 0.25) is 5.15 Å². The molecule has 17 heavy (non-hydrogen) atoms. The fourth-order valence-electron chi connectivity index (χ4n) is 2.11. The summed E-state index contributed by atoms with van der Waals surface area (Å²) < 4.78 is 0. The van der Waals surface area contributed by atoms with Crippen molar-refractivity contribution in [2.75, 3.05) is 18.5 Å². The molecular formula is C11H15ClN4O. The molecular weight excluding hydrogens is 240 g/mol. The van der Waals surface area contributed by atoms with Gasteiger partial charge in [-0.25, -0.2) is 0 Å². The Balaban J connectivity index is 2.21. The minimum absolute atomic E-state index is 0.0291. The molecule has 0 radical (unpaired) electrons. The molecule has 0 aliphatic carbocycles. The van der Waals surface area contributed by atoms with Crippen molar-refractivity contribution in [3.05, 3.63) is 17.3 Å². The van der Waals surface area contributed by atoms with Crippen molar-refractivity contribution in [2.45, 2.75) is 25.3 Å². The molecule has 1 aliphatic heterocycles. The van der Waals surface area contributed by atoms with Crippen LogP contribution in [0.4, 0.5) is 5.82 Å². The number of hydrogen-bond acceptors (Lipinski definition) is 4. The standard InChI is InChI=1S/C11H15ClN4O/c1-13-11(17)8-4-2-3-7-16(8)10-6-5-9(12)14-15-10/h5-6,8H,2-4,7H2,1H3,(H,13,17). The van der Waals surface area contributed by atoms with Crippen LogP contribution in [0.25, 0.3) is 0 Å². The summed E-state index contributed by atoms with van der Waals surface area (Å²) in [5.74, 6) is 0.740. The molecule has 1 aromatic rings. The lowest BCUT2D eigenvalue weighted by molar-refractivity contribution is -0.122. The number of carbonyl (C=O) groups excluding carboxylic acids is 1. The maximum Gasteiger partial charge on any atom is 0.242 e. The largest absolute Gasteiger partial charge is 0.357 e. The fourth-order valence-corrected chi connectivity index (χ4v) is 2.21. The van der Waals surface area contributed by atoms with Crippen molar-refractivity contribution < 1.29 is 4.79 Å². The summed E-state index contributed by atoms with van der Waals surface area (Å²) >= 11 is 5.71. The molecule has 2 rings (SSSR count). The molecule has 0 spiro atoms. The third-order valence-corrected chi connectivity index (χ3v) is 3.17.